The van der Waals surface area contributed by atoms with E-state index in [1.165, 1.54) is 24.3 Å². The number of carboxylic acid groups (broad SMARTS) is 1. The van der Waals surface area contributed by atoms with Gasteiger partial charge in [0.25, 0.3) is 0 Å². The second kappa shape index (κ2) is 4.56. The molecule has 0 heterocycles. The summed E-state index contributed by atoms with van der Waals surface area (Å²) in [7, 11) is 0. The van der Waals surface area contributed by atoms with E-state index in [4.69, 9.17) is 15.9 Å². The summed E-state index contributed by atoms with van der Waals surface area (Å²) in [6.45, 7) is 0. The predicted octanol–water partition coefficient (Wildman–Crippen LogP) is 0.0866. The minimum absolute atomic E-state index is 0.0484. The van der Waals surface area contributed by atoms with Crippen LogP contribution in [0.3, 0.4) is 0 Å². The SMILES string of the molecule is N[C@H](C(=O)O)C(C=O)c1ccc(O)cc1. The molecule has 5 heteroatoms. The second-order valence-corrected chi connectivity index (χ2v) is 3.12. The molecule has 80 valence electrons. The van der Waals surface area contributed by atoms with Gasteiger partial charge in [-0.25, -0.2) is 0 Å². The lowest BCUT2D eigenvalue weighted by atomic mass is 9.93. The number of hydrogen-bond acceptors (Lipinski definition) is 4. The first-order chi connectivity index (χ1) is 7.06. The fourth-order valence-electron chi connectivity index (χ4n) is 1.22. The maximum Gasteiger partial charge on any atom is 0.321 e. The average Bonchev–Trinajstić information content (AvgIpc) is 2.21. The molecule has 15 heavy (non-hydrogen) atoms. The highest BCUT2D eigenvalue weighted by Crippen LogP contribution is 2.19. The van der Waals surface area contributed by atoms with Crippen LogP contribution in [0.15, 0.2) is 24.3 Å². The third kappa shape index (κ3) is 2.54. The average molecular weight is 209 g/mol. The molecule has 2 atom stereocenters. The lowest BCUT2D eigenvalue weighted by Crippen LogP contribution is -2.37. The van der Waals surface area contributed by atoms with Gasteiger partial charge in [-0.1, -0.05) is 12.1 Å². The summed E-state index contributed by atoms with van der Waals surface area (Å²) < 4.78 is 0. The molecule has 0 amide bonds. The predicted molar refractivity (Wildman–Crippen MR) is 52.5 cm³/mol. The lowest BCUT2D eigenvalue weighted by molar-refractivity contribution is -0.140. The van der Waals surface area contributed by atoms with E-state index in [0.717, 1.165) is 0 Å². The number of phenolic OH excluding ortho intramolecular Hbond substituents is 1. The van der Waals surface area contributed by atoms with Crippen molar-refractivity contribution in [1.82, 2.24) is 0 Å². The van der Waals surface area contributed by atoms with E-state index in [1.807, 2.05) is 0 Å². The van der Waals surface area contributed by atoms with Gasteiger partial charge in [0, 0.05) is 0 Å². The summed E-state index contributed by atoms with van der Waals surface area (Å²) in [6, 6.07) is 4.42. The summed E-state index contributed by atoms with van der Waals surface area (Å²) in [5, 5.41) is 17.7. The van der Waals surface area contributed by atoms with Crippen molar-refractivity contribution in [3.05, 3.63) is 29.8 Å². The quantitative estimate of drug-likeness (QED) is 0.610. The van der Waals surface area contributed by atoms with Crippen LogP contribution >= 0.6 is 0 Å². The zero-order chi connectivity index (χ0) is 11.4. The Balaban J connectivity index is 2.97. The summed E-state index contributed by atoms with van der Waals surface area (Å²) in [5.41, 5.74) is 5.82. The Morgan fingerprint density at radius 3 is 2.27 bits per heavy atom. The molecule has 0 spiro atoms. The number of aldehydes is 1. The number of rotatable bonds is 4. The molecule has 4 N–H and O–H groups in total. The molecule has 1 unspecified atom stereocenters. The molecule has 0 saturated carbocycles. The number of carbonyl (C=O) groups is 2. The first kappa shape index (κ1) is 11.2. The summed E-state index contributed by atoms with van der Waals surface area (Å²) >= 11 is 0. The van der Waals surface area contributed by atoms with Crippen molar-refractivity contribution in [2.45, 2.75) is 12.0 Å². The Labute approximate surface area is 86.1 Å². The van der Waals surface area contributed by atoms with E-state index >= 15 is 0 Å². The lowest BCUT2D eigenvalue weighted by Gasteiger charge is -2.14. The number of aliphatic carboxylic acids is 1. The van der Waals surface area contributed by atoms with Crippen LogP contribution in [0.5, 0.6) is 5.75 Å². The fourth-order valence-corrected chi connectivity index (χ4v) is 1.22. The number of benzene rings is 1. The van der Waals surface area contributed by atoms with Crippen LogP contribution in [0.2, 0.25) is 0 Å². The number of nitrogens with two attached hydrogens (primary N) is 1. The largest absolute Gasteiger partial charge is 0.508 e. The van der Waals surface area contributed by atoms with Crippen LogP contribution in [0, 0.1) is 0 Å². The Bertz CT molecular complexity index is 360. The van der Waals surface area contributed by atoms with Gasteiger partial charge in [0.1, 0.15) is 18.1 Å². The van der Waals surface area contributed by atoms with Gasteiger partial charge in [-0.05, 0) is 17.7 Å². The molecule has 0 aliphatic rings. The molecule has 0 aliphatic carbocycles. The van der Waals surface area contributed by atoms with Gasteiger partial charge in [-0.15, -0.1) is 0 Å². The highest BCUT2D eigenvalue weighted by atomic mass is 16.4. The fraction of sp³-hybridized carbons (Fsp3) is 0.200. The van der Waals surface area contributed by atoms with Crippen LogP contribution < -0.4 is 5.73 Å². The first-order valence-electron chi connectivity index (χ1n) is 4.29. The van der Waals surface area contributed by atoms with Crippen LogP contribution in [0.1, 0.15) is 11.5 Å². The van der Waals surface area contributed by atoms with E-state index in [1.54, 1.807) is 0 Å². The van der Waals surface area contributed by atoms with E-state index in [0.29, 0.717) is 11.8 Å². The van der Waals surface area contributed by atoms with Crippen LogP contribution in [0.4, 0.5) is 0 Å². The smallest absolute Gasteiger partial charge is 0.321 e. The highest BCUT2D eigenvalue weighted by molar-refractivity contribution is 5.81. The van der Waals surface area contributed by atoms with Crippen LogP contribution in [-0.2, 0) is 9.59 Å². The van der Waals surface area contributed by atoms with Crippen molar-refractivity contribution in [2.24, 2.45) is 5.73 Å². The van der Waals surface area contributed by atoms with Crippen molar-refractivity contribution < 1.29 is 19.8 Å². The van der Waals surface area contributed by atoms with Gasteiger partial charge in [-0.3, -0.25) is 4.79 Å². The number of phenols is 1. The van der Waals surface area contributed by atoms with E-state index in [2.05, 4.69) is 0 Å². The molecule has 5 nitrogen and oxygen atoms in total. The number of carboxylic acids is 1. The van der Waals surface area contributed by atoms with Gasteiger partial charge in [0.2, 0.25) is 0 Å². The molecule has 0 saturated heterocycles. The number of aromatic hydroxyl groups is 1. The van der Waals surface area contributed by atoms with Crippen LogP contribution in [-0.4, -0.2) is 28.5 Å². The third-order valence-corrected chi connectivity index (χ3v) is 2.10. The molecule has 0 bridgehead atoms. The molecule has 0 radical (unpaired) electrons. The minimum atomic E-state index is -1.27. The standard InChI is InChI=1S/C10H11NO4/c11-9(10(14)15)8(5-12)6-1-3-7(13)4-2-6/h1-5,8-9,13H,11H2,(H,14,15)/t8?,9-/m0/s1. The molecule has 0 aliphatic heterocycles. The molecule has 0 aromatic heterocycles. The summed E-state index contributed by atoms with van der Waals surface area (Å²) in [6.07, 6.45) is 0.491. The Morgan fingerprint density at radius 2 is 1.87 bits per heavy atom. The Hall–Kier alpha value is -1.88. The van der Waals surface area contributed by atoms with Crippen molar-refractivity contribution in [1.29, 1.82) is 0 Å². The zero-order valence-corrected chi connectivity index (χ0v) is 7.83. The molecular formula is C10H11NO4. The maximum atomic E-state index is 10.7. The molecule has 1 aromatic rings. The Kier molecular flexibility index (Phi) is 3.41. The number of hydrogen-bond donors (Lipinski definition) is 3. The molecule has 1 rings (SSSR count). The molecule has 0 fully saturated rings. The summed E-state index contributed by atoms with van der Waals surface area (Å²) in [5.74, 6) is -2.09. The van der Waals surface area contributed by atoms with Crippen LogP contribution in [0.25, 0.3) is 0 Å². The topological polar surface area (TPSA) is 101 Å². The van der Waals surface area contributed by atoms with Gasteiger partial charge < -0.3 is 20.7 Å². The van der Waals surface area contributed by atoms with E-state index in [9.17, 15) is 9.59 Å². The van der Waals surface area contributed by atoms with Gasteiger partial charge in [0.15, 0.2) is 0 Å². The van der Waals surface area contributed by atoms with Crippen molar-refractivity contribution in [3.8, 4) is 5.75 Å². The first-order valence-corrected chi connectivity index (χ1v) is 4.29. The Morgan fingerprint density at radius 1 is 1.33 bits per heavy atom. The van der Waals surface area contributed by atoms with Gasteiger partial charge in [0.05, 0.1) is 5.92 Å². The normalized spacial score (nSPS) is 14.2. The third-order valence-electron chi connectivity index (χ3n) is 2.10. The van der Waals surface area contributed by atoms with Gasteiger partial charge in [-0.2, -0.15) is 0 Å². The highest BCUT2D eigenvalue weighted by Gasteiger charge is 2.25. The zero-order valence-electron chi connectivity index (χ0n) is 7.83. The molecule has 1 aromatic carbocycles. The second-order valence-electron chi connectivity index (χ2n) is 3.12. The monoisotopic (exact) mass is 209 g/mol. The van der Waals surface area contributed by atoms with Crippen molar-refractivity contribution in [3.63, 3.8) is 0 Å². The minimum Gasteiger partial charge on any atom is -0.508 e. The van der Waals surface area contributed by atoms with E-state index in [-0.39, 0.29) is 5.75 Å². The van der Waals surface area contributed by atoms with Gasteiger partial charge >= 0.3 is 5.97 Å². The van der Waals surface area contributed by atoms with E-state index < -0.39 is 17.9 Å². The van der Waals surface area contributed by atoms with Crippen molar-refractivity contribution >= 4 is 12.3 Å². The maximum absolute atomic E-state index is 10.7. The molecular weight excluding hydrogens is 198 g/mol. The summed E-state index contributed by atoms with van der Waals surface area (Å²) in [4.78, 5) is 21.3. The number of carbonyl (C=O) groups excluding carboxylic acids is 1. The van der Waals surface area contributed by atoms with Crippen molar-refractivity contribution in [2.75, 3.05) is 0 Å².